The van der Waals surface area contributed by atoms with Crippen molar-refractivity contribution in [2.75, 3.05) is 17.7 Å². The van der Waals surface area contributed by atoms with Crippen molar-refractivity contribution in [3.05, 3.63) is 81.1 Å². The number of carbonyl (C=O) groups is 2. The Morgan fingerprint density at radius 3 is 1.97 bits per heavy atom. The maximum Gasteiger partial charge on any atom is 0.275 e. The molecule has 9 heteroatoms. The minimum Gasteiger partial charge on any atom is -0.497 e. The van der Waals surface area contributed by atoms with Crippen LogP contribution < -0.4 is 15.4 Å². The number of anilines is 2. The van der Waals surface area contributed by atoms with Crippen molar-refractivity contribution in [2.24, 2.45) is 0 Å². The third-order valence-corrected chi connectivity index (χ3v) is 5.13. The van der Waals surface area contributed by atoms with Crippen molar-refractivity contribution in [1.29, 1.82) is 0 Å². The summed E-state index contributed by atoms with van der Waals surface area (Å²) >= 11 is 17.8. The van der Waals surface area contributed by atoms with Gasteiger partial charge in [0, 0.05) is 23.1 Å². The first-order chi connectivity index (χ1) is 13.9. The smallest absolute Gasteiger partial charge is 0.275 e. The first kappa shape index (κ1) is 20.9. The Hall–Kier alpha value is -2.80. The zero-order valence-electron chi connectivity index (χ0n) is 15.0. The average Bonchev–Trinajstić information content (AvgIpc) is 2.73. The molecule has 0 aliphatic rings. The Balaban J connectivity index is 1.67. The first-order valence-corrected chi connectivity index (χ1v) is 9.38. The van der Waals surface area contributed by atoms with Crippen LogP contribution in [-0.2, 0) is 0 Å². The van der Waals surface area contributed by atoms with Gasteiger partial charge in [-0.1, -0.05) is 34.8 Å². The zero-order chi connectivity index (χ0) is 21.0. The van der Waals surface area contributed by atoms with Crippen LogP contribution in [-0.4, -0.2) is 23.9 Å². The molecule has 29 heavy (non-hydrogen) atoms. The van der Waals surface area contributed by atoms with E-state index in [1.165, 1.54) is 6.20 Å². The SMILES string of the molecule is COc1ccc(NC(=O)c2ccc(NC(=O)c3ncc(Cl)c(Cl)c3Cl)cc2)cc1. The normalized spacial score (nSPS) is 10.3. The van der Waals surface area contributed by atoms with E-state index in [9.17, 15) is 9.59 Å². The molecule has 2 N–H and O–H groups in total. The zero-order valence-corrected chi connectivity index (χ0v) is 17.3. The largest absolute Gasteiger partial charge is 0.497 e. The molecule has 2 amide bonds. The fourth-order valence-electron chi connectivity index (χ4n) is 2.37. The molecule has 0 radical (unpaired) electrons. The van der Waals surface area contributed by atoms with E-state index < -0.39 is 5.91 Å². The highest BCUT2D eigenvalue weighted by atomic mass is 35.5. The number of aromatic nitrogens is 1. The van der Waals surface area contributed by atoms with Crippen LogP contribution in [0.25, 0.3) is 0 Å². The van der Waals surface area contributed by atoms with Crippen LogP contribution in [0.5, 0.6) is 5.75 Å². The molecule has 0 saturated heterocycles. The van der Waals surface area contributed by atoms with Crippen molar-refractivity contribution in [3.8, 4) is 5.75 Å². The van der Waals surface area contributed by atoms with Crippen molar-refractivity contribution < 1.29 is 14.3 Å². The van der Waals surface area contributed by atoms with Gasteiger partial charge in [0.15, 0.2) is 0 Å². The monoisotopic (exact) mass is 449 g/mol. The van der Waals surface area contributed by atoms with Crippen LogP contribution in [0.15, 0.2) is 54.7 Å². The minimum atomic E-state index is -0.552. The van der Waals surface area contributed by atoms with Crippen LogP contribution in [0.1, 0.15) is 20.8 Å². The molecule has 0 fully saturated rings. The number of pyridine rings is 1. The maximum absolute atomic E-state index is 12.4. The Labute approximate surface area is 181 Å². The van der Waals surface area contributed by atoms with Gasteiger partial charge in [-0.2, -0.15) is 0 Å². The number of carbonyl (C=O) groups excluding carboxylic acids is 2. The predicted molar refractivity (Wildman–Crippen MR) is 115 cm³/mol. The fourth-order valence-corrected chi connectivity index (χ4v) is 2.94. The molecular formula is C20H14Cl3N3O3. The lowest BCUT2D eigenvalue weighted by molar-refractivity contribution is 0.101. The van der Waals surface area contributed by atoms with E-state index in [1.54, 1.807) is 55.6 Å². The highest BCUT2D eigenvalue weighted by Crippen LogP contribution is 2.31. The topological polar surface area (TPSA) is 80.3 Å². The third kappa shape index (κ3) is 4.98. The molecule has 1 heterocycles. The van der Waals surface area contributed by atoms with Crippen LogP contribution >= 0.6 is 34.8 Å². The first-order valence-electron chi connectivity index (χ1n) is 8.25. The summed E-state index contributed by atoms with van der Waals surface area (Å²) in [5.41, 5.74) is 1.46. The Kier molecular flexibility index (Phi) is 6.59. The number of hydrogen-bond acceptors (Lipinski definition) is 4. The predicted octanol–water partition coefficient (Wildman–Crippen LogP) is 5.56. The van der Waals surface area contributed by atoms with Crippen LogP contribution in [0, 0.1) is 0 Å². The molecule has 0 bridgehead atoms. The van der Waals surface area contributed by atoms with Gasteiger partial charge in [0.05, 0.1) is 22.2 Å². The number of methoxy groups -OCH3 is 1. The molecule has 0 spiro atoms. The number of hydrogen-bond donors (Lipinski definition) is 2. The van der Waals surface area contributed by atoms with Gasteiger partial charge in [-0.05, 0) is 48.5 Å². The molecular weight excluding hydrogens is 437 g/mol. The van der Waals surface area contributed by atoms with Crippen molar-refractivity contribution in [3.63, 3.8) is 0 Å². The lowest BCUT2D eigenvalue weighted by Crippen LogP contribution is -2.15. The maximum atomic E-state index is 12.4. The molecule has 0 unspecified atom stereocenters. The standard InChI is InChI=1S/C20H14Cl3N3O3/c1-29-14-8-6-13(7-9-14)25-19(27)11-2-4-12(5-3-11)26-20(28)18-17(23)16(22)15(21)10-24-18/h2-10H,1H3,(H,25,27)(H,26,28). The Morgan fingerprint density at radius 2 is 1.38 bits per heavy atom. The van der Waals surface area contributed by atoms with E-state index in [0.717, 1.165) is 0 Å². The van der Waals surface area contributed by atoms with E-state index in [1.807, 2.05) is 0 Å². The van der Waals surface area contributed by atoms with E-state index in [-0.39, 0.29) is 26.7 Å². The molecule has 0 saturated carbocycles. The molecule has 3 aromatic rings. The van der Waals surface area contributed by atoms with Gasteiger partial charge in [-0.15, -0.1) is 0 Å². The number of nitrogens with one attached hydrogen (secondary N) is 2. The summed E-state index contributed by atoms with van der Waals surface area (Å²) in [6.07, 6.45) is 1.25. The van der Waals surface area contributed by atoms with Gasteiger partial charge in [0.1, 0.15) is 11.4 Å². The van der Waals surface area contributed by atoms with Gasteiger partial charge in [0.2, 0.25) is 0 Å². The van der Waals surface area contributed by atoms with Gasteiger partial charge in [-0.3, -0.25) is 9.59 Å². The average molecular weight is 451 g/mol. The molecule has 3 rings (SSSR count). The lowest BCUT2D eigenvalue weighted by atomic mass is 10.2. The summed E-state index contributed by atoms with van der Waals surface area (Å²) in [6, 6.07) is 13.3. The number of ether oxygens (including phenoxy) is 1. The minimum absolute atomic E-state index is 0.0350. The van der Waals surface area contributed by atoms with E-state index in [0.29, 0.717) is 22.7 Å². The summed E-state index contributed by atoms with van der Waals surface area (Å²) in [7, 11) is 1.57. The lowest BCUT2D eigenvalue weighted by Gasteiger charge is -2.09. The van der Waals surface area contributed by atoms with Crippen molar-refractivity contribution in [2.45, 2.75) is 0 Å². The van der Waals surface area contributed by atoms with Crippen molar-refractivity contribution >= 4 is 58.0 Å². The van der Waals surface area contributed by atoms with Crippen LogP contribution in [0.4, 0.5) is 11.4 Å². The highest BCUT2D eigenvalue weighted by molar-refractivity contribution is 6.49. The Bertz CT molecular complexity index is 1060. The second-order valence-electron chi connectivity index (χ2n) is 5.80. The number of amides is 2. The molecule has 148 valence electrons. The van der Waals surface area contributed by atoms with Gasteiger partial charge in [-0.25, -0.2) is 4.98 Å². The summed E-state index contributed by atoms with van der Waals surface area (Å²) in [5.74, 6) is -0.147. The molecule has 2 aromatic carbocycles. The second-order valence-corrected chi connectivity index (χ2v) is 6.96. The summed E-state index contributed by atoms with van der Waals surface area (Å²) in [4.78, 5) is 28.6. The van der Waals surface area contributed by atoms with Gasteiger partial charge < -0.3 is 15.4 Å². The Morgan fingerprint density at radius 1 is 0.828 bits per heavy atom. The van der Waals surface area contributed by atoms with E-state index in [2.05, 4.69) is 15.6 Å². The molecule has 1 aromatic heterocycles. The number of benzene rings is 2. The van der Waals surface area contributed by atoms with Crippen molar-refractivity contribution in [1.82, 2.24) is 4.98 Å². The molecule has 6 nitrogen and oxygen atoms in total. The number of nitrogens with zero attached hydrogens (tertiary/aromatic N) is 1. The summed E-state index contributed by atoms with van der Waals surface area (Å²) in [5, 5.41) is 5.59. The van der Waals surface area contributed by atoms with E-state index in [4.69, 9.17) is 39.5 Å². The molecule has 0 aliphatic heterocycles. The van der Waals surface area contributed by atoms with Gasteiger partial charge in [0.25, 0.3) is 11.8 Å². The fraction of sp³-hybridized carbons (Fsp3) is 0.0500. The molecule has 0 atom stereocenters. The summed E-state index contributed by atoms with van der Waals surface area (Å²) < 4.78 is 5.08. The third-order valence-electron chi connectivity index (χ3n) is 3.89. The number of halogens is 3. The highest BCUT2D eigenvalue weighted by Gasteiger charge is 2.17. The van der Waals surface area contributed by atoms with E-state index >= 15 is 0 Å². The molecule has 0 aliphatic carbocycles. The second kappa shape index (κ2) is 9.13. The quantitative estimate of drug-likeness (QED) is 0.534. The number of rotatable bonds is 5. The van der Waals surface area contributed by atoms with Crippen LogP contribution in [0.2, 0.25) is 15.1 Å². The summed E-state index contributed by atoms with van der Waals surface area (Å²) in [6.45, 7) is 0. The van der Waals surface area contributed by atoms with Crippen LogP contribution in [0.3, 0.4) is 0 Å². The van der Waals surface area contributed by atoms with Gasteiger partial charge >= 0.3 is 0 Å².